The molecular formula is C12H14BrClN2O3. The standard InChI is InChI=1S/C12H14BrClN2O3/c1-2-3-10(11(17)18)16-12(19)15-7-4-5-8(13)9(14)6-7/h4-6,10H,2-3H2,1H3,(H,17,18)(H2,15,16,19)/t10-/m0/s1. The molecule has 2 amide bonds. The summed E-state index contributed by atoms with van der Waals surface area (Å²) >= 11 is 9.13. The highest BCUT2D eigenvalue weighted by Crippen LogP contribution is 2.25. The fourth-order valence-electron chi connectivity index (χ4n) is 1.45. The molecule has 0 aromatic heterocycles. The number of rotatable bonds is 5. The maximum atomic E-state index is 11.7. The van der Waals surface area contributed by atoms with Crippen LogP contribution in [0.15, 0.2) is 22.7 Å². The first-order valence-corrected chi connectivity index (χ1v) is 6.86. The molecule has 0 aliphatic rings. The van der Waals surface area contributed by atoms with E-state index in [0.29, 0.717) is 23.6 Å². The van der Waals surface area contributed by atoms with Gasteiger partial charge in [-0.05, 0) is 40.5 Å². The van der Waals surface area contributed by atoms with Crippen LogP contribution < -0.4 is 10.6 Å². The van der Waals surface area contributed by atoms with Crippen LogP contribution in [0, 0.1) is 0 Å². The van der Waals surface area contributed by atoms with Crippen LogP contribution in [0.5, 0.6) is 0 Å². The number of aliphatic carboxylic acids is 1. The van der Waals surface area contributed by atoms with Gasteiger partial charge in [0, 0.05) is 10.2 Å². The Morgan fingerprint density at radius 2 is 2.16 bits per heavy atom. The minimum absolute atomic E-state index is 0.379. The average molecular weight is 350 g/mol. The largest absolute Gasteiger partial charge is 0.480 e. The number of urea groups is 1. The van der Waals surface area contributed by atoms with Gasteiger partial charge >= 0.3 is 12.0 Å². The molecule has 1 rings (SSSR count). The third-order valence-corrected chi connectivity index (χ3v) is 3.59. The maximum Gasteiger partial charge on any atom is 0.326 e. The molecule has 19 heavy (non-hydrogen) atoms. The van der Waals surface area contributed by atoms with Gasteiger partial charge in [0.1, 0.15) is 6.04 Å². The Labute approximate surface area is 124 Å². The normalized spacial score (nSPS) is 11.7. The molecule has 3 N–H and O–H groups in total. The Kier molecular flexibility index (Phi) is 6.11. The smallest absolute Gasteiger partial charge is 0.326 e. The second kappa shape index (κ2) is 7.35. The molecule has 0 spiro atoms. The number of anilines is 1. The van der Waals surface area contributed by atoms with Crippen molar-refractivity contribution in [1.29, 1.82) is 0 Å². The predicted molar refractivity (Wildman–Crippen MR) is 77.6 cm³/mol. The molecule has 0 heterocycles. The van der Waals surface area contributed by atoms with Gasteiger partial charge in [0.05, 0.1) is 5.02 Å². The molecule has 0 bridgehead atoms. The average Bonchev–Trinajstić information content (AvgIpc) is 2.33. The SMILES string of the molecule is CCC[C@H](NC(=O)Nc1ccc(Br)c(Cl)c1)C(=O)O. The molecule has 104 valence electrons. The molecule has 0 aliphatic heterocycles. The van der Waals surface area contributed by atoms with E-state index < -0.39 is 18.0 Å². The lowest BCUT2D eigenvalue weighted by molar-refractivity contribution is -0.139. The van der Waals surface area contributed by atoms with E-state index in [1.807, 2.05) is 6.92 Å². The number of nitrogens with one attached hydrogen (secondary N) is 2. The number of carboxylic acid groups (broad SMARTS) is 1. The number of carbonyl (C=O) groups excluding carboxylic acids is 1. The van der Waals surface area contributed by atoms with Crippen molar-refractivity contribution in [1.82, 2.24) is 5.32 Å². The topological polar surface area (TPSA) is 78.4 Å². The minimum atomic E-state index is -1.05. The van der Waals surface area contributed by atoms with E-state index in [1.165, 1.54) is 0 Å². The Morgan fingerprint density at radius 3 is 2.68 bits per heavy atom. The van der Waals surface area contributed by atoms with Crippen molar-refractivity contribution in [3.05, 3.63) is 27.7 Å². The maximum absolute atomic E-state index is 11.7. The molecule has 0 aliphatic carbocycles. The monoisotopic (exact) mass is 348 g/mol. The van der Waals surface area contributed by atoms with Gasteiger partial charge < -0.3 is 15.7 Å². The first kappa shape index (κ1) is 15.8. The van der Waals surface area contributed by atoms with Gasteiger partial charge in [-0.3, -0.25) is 0 Å². The van der Waals surface area contributed by atoms with Crippen LogP contribution in [0.4, 0.5) is 10.5 Å². The number of hydrogen-bond donors (Lipinski definition) is 3. The van der Waals surface area contributed by atoms with E-state index in [-0.39, 0.29) is 0 Å². The molecule has 1 aromatic rings. The number of benzene rings is 1. The van der Waals surface area contributed by atoms with Gasteiger partial charge in [0.15, 0.2) is 0 Å². The van der Waals surface area contributed by atoms with Crippen molar-refractivity contribution < 1.29 is 14.7 Å². The van der Waals surface area contributed by atoms with Gasteiger partial charge in [-0.2, -0.15) is 0 Å². The van der Waals surface area contributed by atoms with Crippen molar-refractivity contribution in [2.24, 2.45) is 0 Å². The molecule has 0 saturated heterocycles. The van der Waals surface area contributed by atoms with Gasteiger partial charge in [0.25, 0.3) is 0 Å². The van der Waals surface area contributed by atoms with E-state index in [1.54, 1.807) is 18.2 Å². The highest BCUT2D eigenvalue weighted by molar-refractivity contribution is 9.10. The van der Waals surface area contributed by atoms with E-state index >= 15 is 0 Å². The van der Waals surface area contributed by atoms with Crippen LogP contribution in [0.3, 0.4) is 0 Å². The Balaban J connectivity index is 2.63. The molecule has 5 nitrogen and oxygen atoms in total. The summed E-state index contributed by atoms with van der Waals surface area (Å²) in [4.78, 5) is 22.6. The zero-order valence-corrected chi connectivity index (χ0v) is 12.6. The number of carboxylic acids is 1. The lowest BCUT2D eigenvalue weighted by Gasteiger charge is -2.14. The summed E-state index contributed by atoms with van der Waals surface area (Å²) in [6.07, 6.45) is 1.05. The summed E-state index contributed by atoms with van der Waals surface area (Å²) in [7, 11) is 0. The summed E-state index contributed by atoms with van der Waals surface area (Å²) in [5, 5.41) is 14.3. The molecule has 0 radical (unpaired) electrons. The number of carbonyl (C=O) groups is 2. The molecule has 1 atom stereocenters. The number of halogens is 2. The van der Waals surface area contributed by atoms with E-state index in [2.05, 4.69) is 26.6 Å². The van der Waals surface area contributed by atoms with Gasteiger partial charge in [-0.25, -0.2) is 9.59 Å². The van der Waals surface area contributed by atoms with Crippen molar-refractivity contribution >= 4 is 45.2 Å². The third-order valence-electron chi connectivity index (χ3n) is 2.36. The fraction of sp³-hybridized carbons (Fsp3) is 0.333. The van der Waals surface area contributed by atoms with Gasteiger partial charge in [-0.15, -0.1) is 0 Å². The second-order valence-corrected chi connectivity index (χ2v) is 5.17. The zero-order valence-electron chi connectivity index (χ0n) is 10.2. The molecule has 7 heteroatoms. The van der Waals surface area contributed by atoms with E-state index in [9.17, 15) is 9.59 Å². The van der Waals surface area contributed by atoms with Gasteiger partial charge in [0.2, 0.25) is 0 Å². The molecule has 0 saturated carbocycles. The van der Waals surface area contributed by atoms with Crippen LogP contribution in [0.1, 0.15) is 19.8 Å². The summed E-state index contributed by atoms with van der Waals surface area (Å²) in [6, 6.07) is 3.46. The quantitative estimate of drug-likeness (QED) is 0.761. The Morgan fingerprint density at radius 1 is 1.47 bits per heavy atom. The molecule has 1 aromatic carbocycles. The highest BCUT2D eigenvalue weighted by atomic mass is 79.9. The summed E-state index contributed by atoms with van der Waals surface area (Å²) < 4.78 is 0.717. The molecule has 0 unspecified atom stereocenters. The van der Waals surface area contributed by atoms with Crippen LogP contribution in [-0.4, -0.2) is 23.1 Å². The first-order valence-electron chi connectivity index (χ1n) is 5.69. The van der Waals surface area contributed by atoms with Crippen molar-refractivity contribution in [2.45, 2.75) is 25.8 Å². The summed E-state index contributed by atoms with van der Waals surface area (Å²) in [5.41, 5.74) is 0.492. The predicted octanol–water partition coefficient (Wildman–Crippen LogP) is 3.48. The third kappa shape index (κ3) is 5.08. The summed E-state index contributed by atoms with van der Waals surface area (Å²) in [6.45, 7) is 1.85. The van der Waals surface area contributed by atoms with Crippen LogP contribution >= 0.6 is 27.5 Å². The summed E-state index contributed by atoms with van der Waals surface area (Å²) in [5.74, 6) is -1.05. The van der Waals surface area contributed by atoms with Crippen molar-refractivity contribution in [3.8, 4) is 0 Å². The number of hydrogen-bond acceptors (Lipinski definition) is 2. The first-order chi connectivity index (χ1) is 8.93. The van der Waals surface area contributed by atoms with E-state index in [4.69, 9.17) is 16.7 Å². The van der Waals surface area contributed by atoms with Gasteiger partial charge in [-0.1, -0.05) is 24.9 Å². The van der Waals surface area contributed by atoms with Crippen LogP contribution in [0.25, 0.3) is 0 Å². The van der Waals surface area contributed by atoms with Crippen molar-refractivity contribution in [3.63, 3.8) is 0 Å². The zero-order chi connectivity index (χ0) is 14.4. The van der Waals surface area contributed by atoms with Crippen molar-refractivity contribution in [2.75, 3.05) is 5.32 Å². The minimum Gasteiger partial charge on any atom is -0.480 e. The fourth-order valence-corrected chi connectivity index (χ4v) is 1.87. The lowest BCUT2D eigenvalue weighted by atomic mass is 10.2. The second-order valence-electron chi connectivity index (χ2n) is 3.91. The van der Waals surface area contributed by atoms with Crippen LogP contribution in [0.2, 0.25) is 5.02 Å². The molecular weight excluding hydrogens is 336 g/mol. The highest BCUT2D eigenvalue weighted by Gasteiger charge is 2.18. The lowest BCUT2D eigenvalue weighted by Crippen LogP contribution is -2.42. The Bertz CT molecular complexity index is 482. The Hall–Kier alpha value is -1.27. The molecule has 0 fully saturated rings. The van der Waals surface area contributed by atoms with Crippen LogP contribution in [-0.2, 0) is 4.79 Å². The van der Waals surface area contributed by atoms with E-state index in [0.717, 1.165) is 4.47 Å². The number of amides is 2.